The Labute approximate surface area is 131 Å². The van der Waals surface area contributed by atoms with Gasteiger partial charge in [0, 0.05) is 35.6 Å². The highest BCUT2D eigenvalue weighted by molar-refractivity contribution is 9.09. The molecule has 114 valence electrons. The molecule has 0 radical (unpaired) electrons. The van der Waals surface area contributed by atoms with Gasteiger partial charge in [0.25, 0.3) is 5.91 Å². The summed E-state index contributed by atoms with van der Waals surface area (Å²) in [6.07, 6.45) is 0.900. The van der Waals surface area contributed by atoms with Crippen LogP contribution in [0.5, 0.6) is 5.75 Å². The van der Waals surface area contributed by atoms with E-state index in [1.165, 1.54) is 25.3 Å². The number of nitro groups is 1. The molecule has 1 heterocycles. The second kappa shape index (κ2) is 6.43. The van der Waals surface area contributed by atoms with Crippen molar-refractivity contribution in [3.63, 3.8) is 0 Å². The molecule has 7 heteroatoms. The lowest BCUT2D eigenvalue weighted by molar-refractivity contribution is -0.385. The monoisotopic (exact) mass is 356 g/mol. The summed E-state index contributed by atoms with van der Waals surface area (Å²) in [7, 11) is 1.36. The van der Waals surface area contributed by atoms with Crippen LogP contribution in [-0.4, -0.2) is 40.8 Å². The van der Waals surface area contributed by atoms with Crippen LogP contribution in [0.2, 0.25) is 0 Å². The summed E-state index contributed by atoms with van der Waals surface area (Å²) >= 11 is 3.60. The van der Waals surface area contributed by atoms with Gasteiger partial charge in [0.05, 0.1) is 12.0 Å². The molecule has 1 aliphatic rings. The van der Waals surface area contributed by atoms with E-state index in [9.17, 15) is 14.9 Å². The first-order valence-corrected chi connectivity index (χ1v) is 7.61. The molecule has 2 unspecified atom stereocenters. The molecule has 1 aliphatic heterocycles. The van der Waals surface area contributed by atoms with Gasteiger partial charge in [0.2, 0.25) is 0 Å². The van der Waals surface area contributed by atoms with Gasteiger partial charge in [-0.15, -0.1) is 0 Å². The minimum Gasteiger partial charge on any atom is -0.490 e. The van der Waals surface area contributed by atoms with E-state index < -0.39 is 4.92 Å². The zero-order chi connectivity index (χ0) is 15.6. The number of likely N-dealkylation sites (tertiary alicyclic amines) is 1. The number of ether oxygens (including phenoxy) is 1. The Balaban J connectivity index is 2.22. The normalized spacial score (nSPS) is 22.0. The fraction of sp³-hybridized carbons (Fsp3) is 0.500. The second-order valence-corrected chi connectivity index (χ2v) is 6.35. The quantitative estimate of drug-likeness (QED) is 0.474. The number of hydrogen-bond acceptors (Lipinski definition) is 4. The van der Waals surface area contributed by atoms with E-state index in [2.05, 4.69) is 22.9 Å². The summed E-state index contributed by atoms with van der Waals surface area (Å²) < 4.78 is 5.00. The number of amides is 1. The Morgan fingerprint density at radius 3 is 2.81 bits per heavy atom. The number of halogens is 1. The summed E-state index contributed by atoms with van der Waals surface area (Å²) in [6.45, 7) is 3.45. The highest BCUT2D eigenvalue weighted by Crippen LogP contribution is 2.29. The van der Waals surface area contributed by atoms with Crippen molar-refractivity contribution in [1.82, 2.24) is 4.90 Å². The van der Waals surface area contributed by atoms with Crippen LogP contribution in [0.4, 0.5) is 5.69 Å². The molecule has 1 amide bonds. The highest BCUT2D eigenvalue weighted by Gasteiger charge is 2.28. The van der Waals surface area contributed by atoms with Gasteiger partial charge in [-0.05, 0) is 18.4 Å². The molecule has 1 aromatic rings. The summed E-state index contributed by atoms with van der Waals surface area (Å²) in [5.74, 6) is 0.367. The number of hydrogen-bond donors (Lipinski definition) is 0. The Hall–Kier alpha value is -1.63. The van der Waals surface area contributed by atoms with Gasteiger partial charge in [-0.25, -0.2) is 0 Å². The number of carbonyl (C=O) groups is 1. The first-order chi connectivity index (χ1) is 9.93. The molecule has 0 aromatic heterocycles. The Bertz CT molecular complexity index is 564. The zero-order valence-corrected chi connectivity index (χ0v) is 13.5. The van der Waals surface area contributed by atoms with Gasteiger partial charge in [0.1, 0.15) is 0 Å². The number of piperidine rings is 1. The van der Waals surface area contributed by atoms with Crippen LogP contribution in [-0.2, 0) is 0 Å². The van der Waals surface area contributed by atoms with Crippen LogP contribution >= 0.6 is 15.9 Å². The minimum absolute atomic E-state index is 0.106. The van der Waals surface area contributed by atoms with Gasteiger partial charge in [-0.1, -0.05) is 22.9 Å². The van der Waals surface area contributed by atoms with Crippen LogP contribution in [0.1, 0.15) is 23.7 Å². The van der Waals surface area contributed by atoms with E-state index in [0.717, 1.165) is 6.42 Å². The third-order valence-electron chi connectivity index (χ3n) is 3.71. The molecule has 21 heavy (non-hydrogen) atoms. The lowest BCUT2D eigenvalue weighted by Crippen LogP contribution is -2.43. The lowest BCUT2D eigenvalue weighted by Gasteiger charge is -2.34. The standard InChI is InChI=1S/C14H17BrN2O4/c1-9-8-16(6-5-11(9)15)14(18)10-3-4-12(17(19)20)13(7-10)21-2/h3-4,7,9,11H,5-6,8H2,1-2H3. The van der Waals surface area contributed by atoms with Gasteiger partial charge in [0.15, 0.2) is 5.75 Å². The number of methoxy groups -OCH3 is 1. The van der Waals surface area contributed by atoms with Crippen LogP contribution in [0.25, 0.3) is 0 Å². The molecule has 0 bridgehead atoms. The van der Waals surface area contributed by atoms with Gasteiger partial charge in [-0.2, -0.15) is 0 Å². The van der Waals surface area contributed by atoms with E-state index >= 15 is 0 Å². The molecular formula is C14H17BrN2O4. The predicted molar refractivity (Wildman–Crippen MR) is 82.0 cm³/mol. The zero-order valence-electron chi connectivity index (χ0n) is 11.9. The van der Waals surface area contributed by atoms with Crippen molar-refractivity contribution in [3.8, 4) is 5.75 Å². The van der Waals surface area contributed by atoms with Crippen molar-refractivity contribution >= 4 is 27.5 Å². The number of nitro benzene ring substituents is 1. The predicted octanol–water partition coefficient (Wildman–Crippen LogP) is 2.85. The summed E-state index contributed by atoms with van der Waals surface area (Å²) in [4.78, 5) is 25.0. The lowest BCUT2D eigenvalue weighted by atomic mass is 9.99. The number of carbonyl (C=O) groups excluding carboxylic acids is 1. The van der Waals surface area contributed by atoms with Crippen molar-refractivity contribution in [2.75, 3.05) is 20.2 Å². The maximum absolute atomic E-state index is 12.5. The van der Waals surface area contributed by atoms with E-state index in [0.29, 0.717) is 29.4 Å². The van der Waals surface area contributed by atoms with E-state index in [4.69, 9.17) is 4.74 Å². The molecule has 0 N–H and O–H groups in total. The van der Waals surface area contributed by atoms with Crippen LogP contribution in [0, 0.1) is 16.0 Å². The molecule has 0 spiro atoms. The molecule has 1 aromatic carbocycles. The molecule has 1 fully saturated rings. The molecule has 2 atom stereocenters. The Kier molecular flexibility index (Phi) is 4.82. The largest absolute Gasteiger partial charge is 0.490 e. The third-order valence-corrected chi connectivity index (χ3v) is 5.07. The molecule has 6 nitrogen and oxygen atoms in total. The topological polar surface area (TPSA) is 72.7 Å². The highest BCUT2D eigenvalue weighted by atomic mass is 79.9. The summed E-state index contributed by atoms with van der Waals surface area (Å²) in [5, 5.41) is 10.9. The third kappa shape index (κ3) is 3.34. The fourth-order valence-electron chi connectivity index (χ4n) is 2.45. The number of benzene rings is 1. The van der Waals surface area contributed by atoms with E-state index in [1.807, 2.05) is 0 Å². The number of alkyl halides is 1. The van der Waals surface area contributed by atoms with E-state index in [1.54, 1.807) is 4.90 Å². The number of nitrogens with zero attached hydrogens (tertiary/aromatic N) is 2. The van der Waals surface area contributed by atoms with Gasteiger partial charge >= 0.3 is 5.69 Å². The van der Waals surface area contributed by atoms with E-state index in [-0.39, 0.29) is 17.3 Å². The molecular weight excluding hydrogens is 340 g/mol. The van der Waals surface area contributed by atoms with Crippen molar-refractivity contribution in [3.05, 3.63) is 33.9 Å². The van der Waals surface area contributed by atoms with Crippen LogP contribution in [0.15, 0.2) is 18.2 Å². The average Bonchev–Trinajstić information content (AvgIpc) is 2.48. The Morgan fingerprint density at radius 1 is 1.52 bits per heavy atom. The van der Waals surface area contributed by atoms with Crippen molar-refractivity contribution in [1.29, 1.82) is 0 Å². The maximum atomic E-state index is 12.5. The SMILES string of the molecule is COc1cc(C(=O)N2CCC(Br)C(C)C2)ccc1[N+](=O)[O-]. The fourth-order valence-corrected chi connectivity index (χ4v) is 2.82. The van der Waals surface area contributed by atoms with Crippen LogP contribution < -0.4 is 4.74 Å². The summed E-state index contributed by atoms with van der Waals surface area (Å²) in [6, 6.07) is 4.23. The first kappa shape index (κ1) is 15.8. The first-order valence-electron chi connectivity index (χ1n) is 6.69. The average molecular weight is 357 g/mol. The minimum atomic E-state index is -0.522. The van der Waals surface area contributed by atoms with Gasteiger partial charge in [-0.3, -0.25) is 14.9 Å². The number of rotatable bonds is 3. The molecule has 0 aliphatic carbocycles. The molecule has 0 saturated carbocycles. The molecule has 2 rings (SSSR count). The van der Waals surface area contributed by atoms with Crippen molar-refractivity contribution < 1.29 is 14.5 Å². The van der Waals surface area contributed by atoms with Crippen molar-refractivity contribution in [2.24, 2.45) is 5.92 Å². The molecule has 1 saturated heterocycles. The van der Waals surface area contributed by atoms with Crippen molar-refractivity contribution in [2.45, 2.75) is 18.2 Å². The second-order valence-electron chi connectivity index (χ2n) is 5.18. The maximum Gasteiger partial charge on any atom is 0.310 e. The Morgan fingerprint density at radius 2 is 2.24 bits per heavy atom. The van der Waals surface area contributed by atoms with Gasteiger partial charge < -0.3 is 9.64 Å². The smallest absolute Gasteiger partial charge is 0.310 e. The van der Waals surface area contributed by atoms with Crippen LogP contribution in [0.3, 0.4) is 0 Å². The summed E-state index contributed by atoms with van der Waals surface area (Å²) in [5.41, 5.74) is 0.277.